The zero-order valence-corrected chi connectivity index (χ0v) is 23.0. The van der Waals surface area contributed by atoms with Gasteiger partial charge in [-0.2, -0.15) is 0 Å². The summed E-state index contributed by atoms with van der Waals surface area (Å²) in [5.74, 6) is -0.498. The number of hydrogen-bond acceptors (Lipinski definition) is 4. The first-order chi connectivity index (χ1) is 18.5. The average molecular weight is 533 g/mol. The van der Waals surface area contributed by atoms with E-state index in [1.165, 1.54) is 0 Å². The normalized spacial score (nSPS) is 15.9. The number of piperidine rings is 1. The Morgan fingerprint density at radius 3 is 2.21 bits per heavy atom. The number of hydrogen-bond donors (Lipinski definition) is 1. The second-order valence-electron chi connectivity index (χ2n) is 9.96. The number of aryl methyl sites for hydroxylation is 1. The molecule has 3 aromatic carbocycles. The minimum absolute atomic E-state index is 0.0338. The summed E-state index contributed by atoms with van der Waals surface area (Å²) in [6, 6.07) is 24.5. The first kappa shape index (κ1) is 27.9. The summed E-state index contributed by atoms with van der Waals surface area (Å²) in [6.07, 6.45) is 3.91. The SMILES string of the molecule is CCCN[C@@H](CC(=O)OC(c1ccccc1)(c1ccc(C)cc1)c1ccccc1Cl)C(=O)N1CCCCC1. The number of halogens is 1. The maximum atomic E-state index is 13.8. The Labute approximate surface area is 231 Å². The lowest BCUT2D eigenvalue weighted by Gasteiger charge is -2.36. The van der Waals surface area contributed by atoms with Crippen LogP contribution in [0.2, 0.25) is 5.02 Å². The number of likely N-dealkylation sites (tertiary alicyclic amines) is 1. The smallest absolute Gasteiger partial charge is 0.309 e. The highest BCUT2D eigenvalue weighted by atomic mass is 35.5. The van der Waals surface area contributed by atoms with Crippen LogP contribution in [0, 0.1) is 6.92 Å². The second kappa shape index (κ2) is 13.1. The summed E-state index contributed by atoms with van der Waals surface area (Å²) in [5.41, 5.74) is 2.05. The van der Waals surface area contributed by atoms with Gasteiger partial charge < -0.3 is 15.0 Å². The third kappa shape index (κ3) is 6.28. The standard InChI is InChI=1S/C32H37ClN2O3/c1-3-20-34-29(31(37)35-21-10-5-11-22-35)23-30(36)38-32(25-12-6-4-7-13-25,26-18-16-24(2)17-19-26)27-14-8-9-15-28(27)33/h4,6-9,12-19,29,34H,3,5,10-11,20-23H2,1-2H3/t29-,32?/m0/s1. The van der Waals surface area contributed by atoms with E-state index < -0.39 is 17.6 Å². The number of carbonyl (C=O) groups excluding carboxylic acids is 2. The maximum Gasteiger partial charge on any atom is 0.309 e. The van der Waals surface area contributed by atoms with Gasteiger partial charge in [-0.1, -0.05) is 96.9 Å². The van der Waals surface area contributed by atoms with E-state index in [-0.39, 0.29) is 12.3 Å². The molecule has 1 unspecified atom stereocenters. The van der Waals surface area contributed by atoms with Gasteiger partial charge in [-0.25, -0.2) is 0 Å². The third-order valence-electron chi connectivity index (χ3n) is 7.14. The topological polar surface area (TPSA) is 58.6 Å². The Morgan fingerprint density at radius 1 is 0.921 bits per heavy atom. The van der Waals surface area contributed by atoms with Crippen LogP contribution >= 0.6 is 11.6 Å². The van der Waals surface area contributed by atoms with Crippen LogP contribution in [0.4, 0.5) is 0 Å². The van der Waals surface area contributed by atoms with Gasteiger partial charge in [0.1, 0.15) is 0 Å². The molecule has 1 aliphatic heterocycles. The molecule has 1 fully saturated rings. The van der Waals surface area contributed by atoms with Crippen LogP contribution in [0.3, 0.4) is 0 Å². The Balaban J connectivity index is 1.75. The van der Waals surface area contributed by atoms with Crippen LogP contribution in [0.25, 0.3) is 0 Å². The molecule has 4 rings (SSSR count). The van der Waals surface area contributed by atoms with Crippen molar-refractivity contribution < 1.29 is 14.3 Å². The van der Waals surface area contributed by atoms with Gasteiger partial charge in [0.2, 0.25) is 5.91 Å². The number of rotatable bonds is 10. The van der Waals surface area contributed by atoms with Crippen LogP contribution < -0.4 is 5.32 Å². The number of nitrogens with zero attached hydrogens (tertiary/aromatic N) is 1. The van der Waals surface area contributed by atoms with Crippen LogP contribution in [-0.4, -0.2) is 42.5 Å². The predicted molar refractivity (Wildman–Crippen MR) is 152 cm³/mol. The summed E-state index contributed by atoms with van der Waals surface area (Å²) in [4.78, 5) is 29.2. The minimum atomic E-state index is -1.28. The molecule has 2 atom stereocenters. The van der Waals surface area contributed by atoms with Crippen molar-refractivity contribution in [3.05, 3.63) is 106 Å². The lowest BCUT2D eigenvalue weighted by molar-refractivity contribution is -0.156. The number of amides is 1. The zero-order chi connectivity index (χ0) is 27.0. The van der Waals surface area contributed by atoms with Crippen molar-refractivity contribution >= 4 is 23.5 Å². The number of benzene rings is 3. The van der Waals surface area contributed by atoms with E-state index in [9.17, 15) is 9.59 Å². The van der Waals surface area contributed by atoms with Crippen molar-refractivity contribution in [2.75, 3.05) is 19.6 Å². The molecule has 5 nitrogen and oxygen atoms in total. The molecule has 1 amide bonds. The van der Waals surface area contributed by atoms with Gasteiger partial charge in [0.15, 0.2) is 5.60 Å². The molecule has 6 heteroatoms. The summed E-state index contributed by atoms with van der Waals surface area (Å²) in [6.45, 7) is 6.17. The largest absolute Gasteiger partial charge is 0.444 e. The number of nitrogens with one attached hydrogen (secondary N) is 1. The molecule has 1 aliphatic rings. The molecule has 1 N–H and O–H groups in total. The molecule has 0 saturated carbocycles. The van der Waals surface area contributed by atoms with E-state index in [4.69, 9.17) is 16.3 Å². The molecule has 1 saturated heterocycles. The minimum Gasteiger partial charge on any atom is -0.444 e. The summed E-state index contributed by atoms with van der Waals surface area (Å²) >= 11 is 6.78. The lowest BCUT2D eigenvalue weighted by Crippen LogP contribution is -2.50. The Bertz CT molecular complexity index is 1210. The van der Waals surface area contributed by atoms with Crippen LogP contribution in [-0.2, 0) is 19.9 Å². The molecule has 1 heterocycles. The van der Waals surface area contributed by atoms with Gasteiger partial charge in [-0.15, -0.1) is 0 Å². The highest BCUT2D eigenvalue weighted by molar-refractivity contribution is 6.31. The molecule has 0 aliphatic carbocycles. The van der Waals surface area contributed by atoms with E-state index in [0.717, 1.165) is 55.5 Å². The molecular weight excluding hydrogens is 496 g/mol. The van der Waals surface area contributed by atoms with Gasteiger partial charge in [0, 0.05) is 34.8 Å². The van der Waals surface area contributed by atoms with Crippen molar-refractivity contribution in [2.45, 2.75) is 57.6 Å². The third-order valence-corrected chi connectivity index (χ3v) is 7.47. The van der Waals surface area contributed by atoms with E-state index in [2.05, 4.69) is 5.32 Å². The van der Waals surface area contributed by atoms with E-state index in [0.29, 0.717) is 17.1 Å². The summed E-state index contributed by atoms with van der Waals surface area (Å²) < 4.78 is 6.53. The van der Waals surface area contributed by atoms with Gasteiger partial charge >= 0.3 is 5.97 Å². The Hall–Kier alpha value is -3.15. The number of esters is 1. The van der Waals surface area contributed by atoms with Crippen LogP contribution in [0.15, 0.2) is 78.9 Å². The molecule has 3 aromatic rings. The molecule has 38 heavy (non-hydrogen) atoms. The Morgan fingerprint density at radius 2 is 1.55 bits per heavy atom. The summed E-state index contributed by atoms with van der Waals surface area (Å²) in [5, 5.41) is 3.80. The van der Waals surface area contributed by atoms with Gasteiger partial charge in [-0.05, 0) is 45.2 Å². The first-order valence-corrected chi connectivity index (χ1v) is 13.9. The highest BCUT2D eigenvalue weighted by Gasteiger charge is 2.43. The fourth-order valence-electron chi connectivity index (χ4n) is 5.14. The highest BCUT2D eigenvalue weighted by Crippen LogP contribution is 2.43. The van der Waals surface area contributed by atoms with Gasteiger partial charge in [-0.3, -0.25) is 9.59 Å². The van der Waals surface area contributed by atoms with Crippen LogP contribution in [0.5, 0.6) is 0 Å². The van der Waals surface area contributed by atoms with E-state index in [1.807, 2.05) is 97.6 Å². The number of ether oxygens (including phenoxy) is 1. The van der Waals surface area contributed by atoms with Crippen molar-refractivity contribution in [3.63, 3.8) is 0 Å². The molecule has 0 spiro atoms. The van der Waals surface area contributed by atoms with Crippen molar-refractivity contribution in [2.24, 2.45) is 0 Å². The Kier molecular flexibility index (Phi) is 9.59. The quantitative estimate of drug-likeness (QED) is 0.247. The molecule has 0 aromatic heterocycles. The van der Waals surface area contributed by atoms with Crippen LogP contribution in [0.1, 0.15) is 61.3 Å². The maximum absolute atomic E-state index is 13.8. The predicted octanol–water partition coefficient (Wildman–Crippen LogP) is 6.25. The van der Waals surface area contributed by atoms with E-state index in [1.54, 1.807) is 0 Å². The zero-order valence-electron chi connectivity index (χ0n) is 22.3. The van der Waals surface area contributed by atoms with Crippen molar-refractivity contribution in [1.82, 2.24) is 10.2 Å². The second-order valence-corrected chi connectivity index (χ2v) is 10.4. The van der Waals surface area contributed by atoms with Crippen molar-refractivity contribution in [3.8, 4) is 0 Å². The van der Waals surface area contributed by atoms with Crippen molar-refractivity contribution in [1.29, 1.82) is 0 Å². The lowest BCUT2D eigenvalue weighted by atomic mass is 9.79. The monoisotopic (exact) mass is 532 g/mol. The molecule has 0 bridgehead atoms. The fourth-order valence-corrected chi connectivity index (χ4v) is 5.41. The van der Waals surface area contributed by atoms with Gasteiger partial charge in [0.25, 0.3) is 0 Å². The summed E-state index contributed by atoms with van der Waals surface area (Å²) in [7, 11) is 0. The van der Waals surface area contributed by atoms with E-state index >= 15 is 0 Å². The first-order valence-electron chi connectivity index (χ1n) is 13.6. The van der Waals surface area contributed by atoms with Gasteiger partial charge in [0.05, 0.1) is 12.5 Å². The molecular formula is C32H37ClN2O3. The fraction of sp³-hybridized carbons (Fsp3) is 0.375. The average Bonchev–Trinajstić information content (AvgIpc) is 2.95. The molecule has 200 valence electrons. The number of carbonyl (C=O) groups is 2. The molecule has 0 radical (unpaired) electrons.